The molecule has 0 unspecified atom stereocenters. The summed E-state index contributed by atoms with van der Waals surface area (Å²) < 4.78 is 36.2. The van der Waals surface area contributed by atoms with Gasteiger partial charge in [-0.3, -0.25) is 9.89 Å². The van der Waals surface area contributed by atoms with Crippen molar-refractivity contribution in [1.82, 2.24) is 10.2 Å². The maximum absolute atomic E-state index is 12.1. The lowest BCUT2D eigenvalue weighted by Gasteiger charge is -2.06. The van der Waals surface area contributed by atoms with Crippen molar-refractivity contribution in [2.75, 3.05) is 5.75 Å². The SMILES string of the molecule is O=Cc1cn[nH]c1-c1ccc(SCC(F)(F)F)cc1. The summed E-state index contributed by atoms with van der Waals surface area (Å²) in [5.41, 5.74) is 1.68. The summed E-state index contributed by atoms with van der Waals surface area (Å²) >= 11 is 0.723. The number of thioether (sulfide) groups is 1. The van der Waals surface area contributed by atoms with E-state index >= 15 is 0 Å². The van der Waals surface area contributed by atoms with Gasteiger partial charge < -0.3 is 0 Å². The van der Waals surface area contributed by atoms with Gasteiger partial charge in [-0.05, 0) is 12.1 Å². The predicted octanol–water partition coefficient (Wildman–Crippen LogP) is 3.54. The monoisotopic (exact) mass is 286 g/mol. The molecule has 0 spiro atoms. The van der Waals surface area contributed by atoms with Crippen LogP contribution in [0.1, 0.15) is 10.4 Å². The van der Waals surface area contributed by atoms with Crippen LogP contribution < -0.4 is 0 Å². The van der Waals surface area contributed by atoms with Gasteiger partial charge in [-0.15, -0.1) is 11.8 Å². The highest BCUT2D eigenvalue weighted by molar-refractivity contribution is 7.99. The highest BCUT2D eigenvalue weighted by atomic mass is 32.2. The van der Waals surface area contributed by atoms with E-state index in [2.05, 4.69) is 10.2 Å². The van der Waals surface area contributed by atoms with Crippen molar-refractivity contribution in [3.8, 4) is 11.3 Å². The van der Waals surface area contributed by atoms with Crippen molar-refractivity contribution in [3.05, 3.63) is 36.0 Å². The molecule has 3 nitrogen and oxygen atoms in total. The molecule has 2 rings (SSSR count). The van der Waals surface area contributed by atoms with Gasteiger partial charge >= 0.3 is 6.18 Å². The molecular weight excluding hydrogens is 277 g/mol. The summed E-state index contributed by atoms with van der Waals surface area (Å²) in [6.07, 6.45) is -2.11. The minimum atomic E-state index is -4.18. The molecule has 0 saturated carbocycles. The van der Waals surface area contributed by atoms with Gasteiger partial charge in [0.15, 0.2) is 6.29 Å². The van der Waals surface area contributed by atoms with Gasteiger partial charge in [-0.25, -0.2) is 0 Å². The number of rotatable bonds is 4. The number of nitrogens with zero attached hydrogens (tertiary/aromatic N) is 1. The number of aldehydes is 1. The van der Waals surface area contributed by atoms with Gasteiger partial charge in [0.05, 0.1) is 23.2 Å². The van der Waals surface area contributed by atoms with Crippen LogP contribution >= 0.6 is 11.8 Å². The van der Waals surface area contributed by atoms with Crippen LogP contribution in [0.25, 0.3) is 11.3 Å². The smallest absolute Gasteiger partial charge is 0.298 e. The van der Waals surface area contributed by atoms with Gasteiger partial charge in [-0.1, -0.05) is 12.1 Å². The number of halogens is 3. The van der Waals surface area contributed by atoms with E-state index in [9.17, 15) is 18.0 Å². The third kappa shape index (κ3) is 3.60. The molecule has 0 fully saturated rings. The zero-order chi connectivity index (χ0) is 13.9. The number of hydrogen-bond donors (Lipinski definition) is 1. The Morgan fingerprint density at radius 3 is 2.53 bits per heavy atom. The van der Waals surface area contributed by atoms with Crippen molar-refractivity contribution in [2.24, 2.45) is 0 Å². The Balaban J connectivity index is 2.13. The van der Waals surface area contributed by atoms with Crippen LogP contribution in [0.5, 0.6) is 0 Å². The first-order valence-electron chi connectivity index (χ1n) is 5.28. The maximum atomic E-state index is 12.1. The molecule has 1 aromatic carbocycles. The zero-order valence-corrected chi connectivity index (χ0v) is 10.4. The zero-order valence-electron chi connectivity index (χ0n) is 9.57. The number of nitrogens with one attached hydrogen (secondary N) is 1. The fourth-order valence-electron chi connectivity index (χ4n) is 1.50. The highest BCUT2D eigenvalue weighted by Gasteiger charge is 2.27. The molecule has 0 amide bonds. The molecule has 0 aliphatic carbocycles. The summed E-state index contributed by atoms with van der Waals surface area (Å²) in [6, 6.07) is 6.47. The Morgan fingerprint density at radius 2 is 1.95 bits per heavy atom. The molecule has 0 saturated heterocycles. The average molecular weight is 286 g/mol. The molecule has 2 aromatic rings. The number of carbonyl (C=O) groups is 1. The van der Waals surface area contributed by atoms with Crippen LogP contribution in [0.4, 0.5) is 13.2 Å². The number of benzene rings is 1. The molecule has 19 heavy (non-hydrogen) atoms. The molecule has 1 N–H and O–H groups in total. The number of alkyl halides is 3. The molecule has 7 heteroatoms. The fourth-order valence-corrected chi connectivity index (χ4v) is 2.16. The third-order valence-corrected chi connectivity index (χ3v) is 3.42. The lowest BCUT2D eigenvalue weighted by Crippen LogP contribution is -2.10. The van der Waals surface area contributed by atoms with Gasteiger partial charge in [0.1, 0.15) is 0 Å². The summed E-state index contributed by atoms with van der Waals surface area (Å²) in [5.74, 6) is -0.921. The molecule has 0 aliphatic heterocycles. The van der Waals surface area contributed by atoms with E-state index in [1.165, 1.54) is 6.20 Å². The maximum Gasteiger partial charge on any atom is 0.398 e. The van der Waals surface area contributed by atoms with E-state index in [4.69, 9.17) is 0 Å². The molecule has 0 radical (unpaired) electrons. The first-order chi connectivity index (χ1) is 8.99. The third-order valence-electron chi connectivity index (χ3n) is 2.34. The summed E-state index contributed by atoms with van der Waals surface area (Å²) in [5, 5.41) is 6.43. The van der Waals surface area contributed by atoms with Crippen LogP contribution in [-0.4, -0.2) is 28.4 Å². The first kappa shape index (κ1) is 13.7. The Labute approximate surface area is 111 Å². The molecule has 100 valence electrons. The predicted molar refractivity (Wildman–Crippen MR) is 66.2 cm³/mol. The van der Waals surface area contributed by atoms with Crippen molar-refractivity contribution in [1.29, 1.82) is 0 Å². The second-order valence-corrected chi connectivity index (χ2v) is 4.80. The van der Waals surface area contributed by atoms with Gasteiger partial charge in [0.25, 0.3) is 0 Å². The van der Waals surface area contributed by atoms with E-state index in [0.717, 1.165) is 11.8 Å². The van der Waals surface area contributed by atoms with Crippen molar-refractivity contribution >= 4 is 18.0 Å². The Bertz CT molecular complexity index is 563. The van der Waals surface area contributed by atoms with Crippen LogP contribution in [0.3, 0.4) is 0 Å². The molecule has 0 atom stereocenters. The minimum absolute atomic E-state index is 0.413. The largest absolute Gasteiger partial charge is 0.398 e. The standard InChI is InChI=1S/C12H9F3N2OS/c13-12(14,15)7-19-10-3-1-8(2-4-10)11-9(6-18)5-16-17-11/h1-6H,7H2,(H,16,17). The van der Waals surface area contributed by atoms with Crippen LogP contribution in [0, 0.1) is 0 Å². The lowest BCUT2D eigenvalue weighted by molar-refractivity contribution is -0.105. The molecule has 0 aliphatic rings. The quantitative estimate of drug-likeness (QED) is 0.690. The summed E-state index contributed by atoms with van der Waals surface area (Å²) in [7, 11) is 0. The Hall–Kier alpha value is -1.76. The Morgan fingerprint density at radius 1 is 1.26 bits per heavy atom. The number of H-pyrrole nitrogens is 1. The van der Waals surface area contributed by atoms with Crippen LogP contribution in [0.2, 0.25) is 0 Å². The van der Waals surface area contributed by atoms with Crippen molar-refractivity contribution in [2.45, 2.75) is 11.1 Å². The molecular formula is C12H9F3N2OS. The second-order valence-electron chi connectivity index (χ2n) is 3.75. The fraction of sp³-hybridized carbons (Fsp3) is 0.167. The highest BCUT2D eigenvalue weighted by Crippen LogP contribution is 2.29. The number of hydrogen-bond acceptors (Lipinski definition) is 3. The van der Waals surface area contributed by atoms with E-state index in [-0.39, 0.29) is 0 Å². The van der Waals surface area contributed by atoms with E-state index < -0.39 is 11.9 Å². The summed E-state index contributed by atoms with van der Waals surface area (Å²) in [4.78, 5) is 11.3. The van der Waals surface area contributed by atoms with Gasteiger partial charge in [0.2, 0.25) is 0 Å². The van der Waals surface area contributed by atoms with Crippen molar-refractivity contribution in [3.63, 3.8) is 0 Å². The van der Waals surface area contributed by atoms with Crippen molar-refractivity contribution < 1.29 is 18.0 Å². The van der Waals surface area contributed by atoms with Gasteiger partial charge in [-0.2, -0.15) is 18.3 Å². The van der Waals surface area contributed by atoms with Gasteiger partial charge in [0, 0.05) is 10.5 Å². The first-order valence-corrected chi connectivity index (χ1v) is 6.27. The van der Waals surface area contributed by atoms with E-state index in [0.29, 0.717) is 28.0 Å². The van der Waals surface area contributed by atoms with E-state index in [1.807, 2.05) is 0 Å². The topological polar surface area (TPSA) is 45.8 Å². The number of aromatic nitrogens is 2. The molecule has 1 aromatic heterocycles. The molecule has 0 bridgehead atoms. The van der Waals surface area contributed by atoms with Crippen LogP contribution in [0.15, 0.2) is 35.4 Å². The minimum Gasteiger partial charge on any atom is -0.298 e. The van der Waals surface area contributed by atoms with Crippen LogP contribution in [-0.2, 0) is 0 Å². The normalized spacial score (nSPS) is 11.5. The number of aromatic amines is 1. The molecule has 1 heterocycles. The Kier molecular flexibility index (Phi) is 3.94. The second kappa shape index (κ2) is 5.48. The van der Waals surface area contributed by atoms with E-state index in [1.54, 1.807) is 24.3 Å². The average Bonchev–Trinajstić information content (AvgIpc) is 2.84. The lowest BCUT2D eigenvalue weighted by atomic mass is 10.1. The summed E-state index contributed by atoms with van der Waals surface area (Å²) in [6.45, 7) is 0. The number of carbonyl (C=O) groups excluding carboxylic acids is 1.